The average Bonchev–Trinajstić information content (AvgIpc) is 2.95. The van der Waals surface area contributed by atoms with Gasteiger partial charge in [-0.3, -0.25) is 9.59 Å². The van der Waals surface area contributed by atoms with Gasteiger partial charge in [0.15, 0.2) is 0 Å². The molecule has 7 nitrogen and oxygen atoms in total. The Kier molecular flexibility index (Phi) is 8.86. The van der Waals surface area contributed by atoms with Gasteiger partial charge in [-0.2, -0.15) is 13.2 Å². The van der Waals surface area contributed by atoms with Crippen molar-refractivity contribution in [1.82, 2.24) is 5.32 Å². The topological polar surface area (TPSA) is 73.9 Å². The van der Waals surface area contributed by atoms with Crippen LogP contribution >= 0.6 is 0 Å². The number of rotatable bonds is 8. The highest BCUT2D eigenvalue weighted by Gasteiger charge is 2.30. The summed E-state index contributed by atoms with van der Waals surface area (Å²) in [4.78, 5) is 30.4. The number of amides is 2. The minimum absolute atomic E-state index is 0.0790. The third kappa shape index (κ3) is 6.86. The van der Waals surface area contributed by atoms with Crippen molar-refractivity contribution in [2.24, 2.45) is 5.92 Å². The molecule has 40 heavy (non-hydrogen) atoms. The maximum atomic E-state index is 13.2. The summed E-state index contributed by atoms with van der Waals surface area (Å²) in [5.74, 6) is 0.221. The molecule has 1 fully saturated rings. The third-order valence-electron chi connectivity index (χ3n) is 6.69. The normalized spacial score (nSPS) is 13.8. The van der Waals surface area contributed by atoms with E-state index in [2.05, 4.69) is 20.4 Å². The third-order valence-corrected chi connectivity index (χ3v) is 6.69. The van der Waals surface area contributed by atoms with E-state index in [1.807, 2.05) is 38.1 Å². The van der Waals surface area contributed by atoms with Gasteiger partial charge in [0.2, 0.25) is 0 Å². The van der Waals surface area contributed by atoms with Crippen LogP contribution in [0.25, 0.3) is 0 Å². The first-order valence-corrected chi connectivity index (χ1v) is 13.1. The Bertz CT molecular complexity index is 1330. The van der Waals surface area contributed by atoms with Crippen LogP contribution in [0.15, 0.2) is 66.7 Å². The highest BCUT2D eigenvalue weighted by molar-refractivity contribution is 6.06. The Morgan fingerprint density at radius 1 is 0.875 bits per heavy atom. The summed E-state index contributed by atoms with van der Waals surface area (Å²) in [6.07, 6.45) is -4.48. The molecule has 2 N–H and O–H groups in total. The largest absolute Gasteiger partial charge is 0.495 e. The zero-order valence-corrected chi connectivity index (χ0v) is 22.7. The molecular weight excluding hydrogens is 521 g/mol. The van der Waals surface area contributed by atoms with Crippen molar-refractivity contribution in [2.75, 3.05) is 55.0 Å². The Hall–Kier alpha value is -4.21. The Labute approximate surface area is 231 Å². The second-order valence-corrected chi connectivity index (χ2v) is 10.0. The molecule has 0 bridgehead atoms. The van der Waals surface area contributed by atoms with Crippen LogP contribution in [0.5, 0.6) is 5.75 Å². The zero-order chi connectivity index (χ0) is 28.9. The molecular formula is C30H33F3N4O3. The minimum Gasteiger partial charge on any atom is -0.495 e. The molecule has 0 aromatic heterocycles. The van der Waals surface area contributed by atoms with E-state index in [-0.39, 0.29) is 17.4 Å². The SMILES string of the molecule is COc1ccccc1N1CCN(c2ccc(NC(=O)c3ccc(C(F)(F)F)cc3)cc2C(=O)NCC(C)C)CC1. The van der Waals surface area contributed by atoms with Crippen molar-refractivity contribution in [2.45, 2.75) is 20.0 Å². The number of ether oxygens (including phenoxy) is 1. The molecule has 2 amide bonds. The van der Waals surface area contributed by atoms with Gasteiger partial charge in [-0.05, 0) is 60.5 Å². The van der Waals surface area contributed by atoms with Crippen molar-refractivity contribution in [1.29, 1.82) is 0 Å². The van der Waals surface area contributed by atoms with E-state index in [1.165, 1.54) is 0 Å². The summed E-state index contributed by atoms with van der Waals surface area (Å²) < 4.78 is 44.2. The van der Waals surface area contributed by atoms with Crippen molar-refractivity contribution in [3.8, 4) is 5.75 Å². The van der Waals surface area contributed by atoms with Gasteiger partial charge in [0.1, 0.15) is 5.75 Å². The summed E-state index contributed by atoms with van der Waals surface area (Å²) in [5.41, 5.74) is 1.79. The minimum atomic E-state index is -4.48. The first-order valence-electron chi connectivity index (χ1n) is 13.1. The Balaban J connectivity index is 1.53. The quantitative estimate of drug-likeness (QED) is 0.375. The van der Waals surface area contributed by atoms with Gasteiger partial charge in [0.05, 0.1) is 23.9 Å². The first kappa shape index (κ1) is 28.8. The molecule has 212 valence electrons. The second kappa shape index (κ2) is 12.3. The maximum Gasteiger partial charge on any atom is 0.416 e. The van der Waals surface area contributed by atoms with E-state index in [1.54, 1.807) is 25.3 Å². The number of piperazine rings is 1. The zero-order valence-electron chi connectivity index (χ0n) is 22.7. The maximum absolute atomic E-state index is 13.2. The molecule has 0 spiro atoms. The van der Waals surface area contributed by atoms with Gasteiger partial charge in [-0.15, -0.1) is 0 Å². The van der Waals surface area contributed by atoms with E-state index in [0.717, 1.165) is 54.5 Å². The van der Waals surface area contributed by atoms with Crippen LogP contribution in [0.4, 0.5) is 30.2 Å². The Morgan fingerprint density at radius 3 is 2.10 bits per heavy atom. The lowest BCUT2D eigenvalue weighted by Gasteiger charge is -2.38. The fraction of sp³-hybridized carbons (Fsp3) is 0.333. The lowest BCUT2D eigenvalue weighted by molar-refractivity contribution is -0.137. The number of hydrogen-bond acceptors (Lipinski definition) is 5. The lowest BCUT2D eigenvalue weighted by atomic mass is 10.1. The molecule has 0 aliphatic carbocycles. The molecule has 3 aromatic rings. The number of methoxy groups -OCH3 is 1. The number of hydrogen-bond donors (Lipinski definition) is 2. The van der Waals surface area contributed by atoms with Gasteiger partial charge < -0.3 is 25.2 Å². The van der Waals surface area contributed by atoms with E-state index in [9.17, 15) is 22.8 Å². The first-order chi connectivity index (χ1) is 19.1. The van der Waals surface area contributed by atoms with Crippen molar-refractivity contribution in [3.63, 3.8) is 0 Å². The number of halogens is 3. The van der Waals surface area contributed by atoms with Gasteiger partial charge in [-0.1, -0.05) is 26.0 Å². The van der Waals surface area contributed by atoms with Crippen LogP contribution in [0, 0.1) is 5.92 Å². The number of nitrogens with one attached hydrogen (secondary N) is 2. The van der Waals surface area contributed by atoms with Crippen LogP contribution in [-0.2, 0) is 6.18 Å². The van der Waals surface area contributed by atoms with Gasteiger partial charge >= 0.3 is 6.18 Å². The molecule has 0 radical (unpaired) electrons. The predicted molar refractivity (Wildman–Crippen MR) is 150 cm³/mol. The molecule has 0 unspecified atom stereocenters. The summed E-state index contributed by atoms with van der Waals surface area (Å²) in [7, 11) is 1.65. The fourth-order valence-corrected chi connectivity index (χ4v) is 4.56. The molecule has 1 aliphatic heterocycles. The number of nitrogens with zero attached hydrogens (tertiary/aromatic N) is 2. The summed E-state index contributed by atoms with van der Waals surface area (Å²) >= 11 is 0. The number of carbonyl (C=O) groups is 2. The summed E-state index contributed by atoms with van der Waals surface area (Å²) in [5, 5.41) is 5.66. The van der Waals surface area contributed by atoms with E-state index < -0.39 is 17.6 Å². The van der Waals surface area contributed by atoms with Gasteiger partial charge in [0, 0.05) is 49.7 Å². The van der Waals surface area contributed by atoms with Crippen LogP contribution < -0.4 is 25.2 Å². The molecule has 4 rings (SSSR count). The van der Waals surface area contributed by atoms with E-state index in [0.29, 0.717) is 30.9 Å². The number of benzene rings is 3. The molecule has 1 aliphatic rings. The second-order valence-electron chi connectivity index (χ2n) is 10.0. The van der Waals surface area contributed by atoms with Crippen molar-refractivity contribution >= 4 is 28.9 Å². The van der Waals surface area contributed by atoms with E-state index >= 15 is 0 Å². The molecule has 1 saturated heterocycles. The van der Waals surface area contributed by atoms with E-state index in [4.69, 9.17) is 4.74 Å². The summed E-state index contributed by atoms with van der Waals surface area (Å²) in [6.45, 7) is 7.26. The van der Waals surface area contributed by atoms with Crippen molar-refractivity contribution in [3.05, 3.63) is 83.4 Å². The number of alkyl halides is 3. The molecule has 0 atom stereocenters. The molecule has 0 saturated carbocycles. The number of para-hydroxylation sites is 2. The number of anilines is 3. The van der Waals surface area contributed by atoms with Crippen molar-refractivity contribution < 1.29 is 27.5 Å². The highest BCUT2D eigenvalue weighted by Crippen LogP contribution is 2.32. The fourth-order valence-electron chi connectivity index (χ4n) is 4.56. The molecule has 3 aromatic carbocycles. The standard InChI is InChI=1S/C30H33F3N4O3/c1-20(2)19-34-29(39)24-18-23(35-28(38)21-8-10-22(11-9-21)30(31,32)33)12-13-25(24)36-14-16-37(17-15-36)26-6-4-5-7-27(26)40-3/h4-13,18,20H,14-17,19H2,1-3H3,(H,34,39)(H,35,38). The highest BCUT2D eigenvalue weighted by atomic mass is 19.4. The predicted octanol–water partition coefficient (Wildman–Crippen LogP) is 5.68. The Morgan fingerprint density at radius 2 is 1.50 bits per heavy atom. The van der Waals surface area contributed by atoms with Crippen LogP contribution in [0.2, 0.25) is 0 Å². The number of carbonyl (C=O) groups excluding carboxylic acids is 2. The van der Waals surface area contributed by atoms with Crippen LogP contribution in [0.3, 0.4) is 0 Å². The lowest BCUT2D eigenvalue weighted by Crippen LogP contribution is -2.47. The van der Waals surface area contributed by atoms with Gasteiger partial charge in [-0.25, -0.2) is 0 Å². The monoisotopic (exact) mass is 554 g/mol. The summed E-state index contributed by atoms with van der Waals surface area (Å²) in [6, 6.07) is 16.9. The average molecular weight is 555 g/mol. The smallest absolute Gasteiger partial charge is 0.416 e. The van der Waals surface area contributed by atoms with Crippen LogP contribution in [-0.4, -0.2) is 51.6 Å². The van der Waals surface area contributed by atoms with Gasteiger partial charge in [0.25, 0.3) is 11.8 Å². The molecule has 1 heterocycles. The van der Waals surface area contributed by atoms with Crippen LogP contribution in [0.1, 0.15) is 40.1 Å². The molecule has 10 heteroatoms.